The number of anilines is 1. The maximum Gasteiger partial charge on any atom is 0.322 e. The molecule has 3 amide bonds. The maximum atomic E-state index is 13.1. The van der Waals surface area contributed by atoms with Gasteiger partial charge in [0.25, 0.3) is 5.91 Å². The van der Waals surface area contributed by atoms with Gasteiger partial charge < -0.3 is 10.2 Å². The summed E-state index contributed by atoms with van der Waals surface area (Å²) in [5.74, 6) is -0.423. The zero-order valence-electron chi connectivity index (χ0n) is 19.9. The normalized spacial score (nSPS) is 20.0. The lowest BCUT2D eigenvalue weighted by Gasteiger charge is -2.33. The molecular weight excluding hydrogens is 474 g/mol. The first-order valence-electron chi connectivity index (χ1n) is 11.0. The average molecular weight is 502 g/mol. The Morgan fingerprint density at radius 2 is 2.11 bits per heavy atom. The highest BCUT2D eigenvalue weighted by Gasteiger charge is 2.37. The van der Waals surface area contributed by atoms with Crippen molar-refractivity contribution < 1.29 is 22.8 Å². The van der Waals surface area contributed by atoms with E-state index >= 15 is 0 Å². The van der Waals surface area contributed by atoms with Crippen LogP contribution in [-0.2, 0) is 34.4 Å². The summed E-state index contributed by atoms with van der Waals surface area (Å²) in [6, 6.07) is 6.71. The summed E-state index contributed by atoms with van der Waals surface area (Å²) >= 11 is 0. The van der Waals surface area contributed by atoms with E-state index in [1.807, 2.05) is 13.8 Å². The van der Waals surface area contributed by atoms with Crippen LogP contribution >= 0.6 is 0 Å². The molecule has 186 valence electrons. The number of carbonyl (C=O) groups is 2. The van der Waals surface area contributed by atoms with Crippen molar-refractivity contribution in [3.05, 3.63) is 46.3 Å². The molecule has 0 radical (unpaired) electrons. The van der Waals surface area contributed by atoms with Gasteiger partial charge in [-0.2, -0.15) is 10.4 Å². The first kappa shape index (κ1) is 24.6. The zero-order valence-corrected chi connectivity index (χ0v) is 20.7. The van der Waals surface area contributed by atoms with Gasteiger partial charge in [0.15, 0.2) is 0 Å². The predicted molar refractivity (Wildman–Crippen MR) is 126 cm³/mol. The number of nitriles is 1. The van der Waals surface area contributed by atoms with E-state index in [4.69, 9.17) is 4.84 Å². The monoisotopic (exact) mass is 501 g/mol. The molecule has 2 aliphatic heterocycles. The van der Waals surface area contributed by atoms with E-state index < -0.39 is 22.0 Å². The number of urea groups is 1. The van der Waals surface area contributed by atoms with Gasteiger partial charge in [-0.15, -0.1) is 0 Å². The molecule has 0 saturated carbocycles. The van der Waals surface area contributed by atoms with Crippen LogP contribution in [0.3, 0.4) is 0 Å². The number of carbonyl (C=O) groups excluding carboxylic acids is 2. The summed E-state index contributed by atoms with van der Waals surface area (Å²) in [5.41, 5.74) is 3.48. The molecule has 1 aromatic heterocycles. The van der Waals surface area contributed by atoms with Crippen molar-refractivity contribution in [3.63, 3.8) is 0 Å². The smallest absolute Gasteiger partial charge is 0.317 e. The third-order valence-electron chi connectivity index (χ3n) is 6.10. The number of nitrogens with one attached hydrogen (secondary N) is 2. The van der Waals surface area contributed by atoms with Crippen LogP contribution in [0.5, 0.6) is 0 Å². The Morgan fingerprint density at radius 3 is 2.80 bits per heavy atom. The minimum Gasteiger partial charge on any atom is -0.317 e. The fourth-order valence-corrected chi connectivity index (χ4v) is 4.74. The molecule has 12 nitrogen and oxygen atoms in total. The summed E-state index contributed by atoms with van der Waals surface area (Å²) in [7, 11) is -1.97. The highest BCUT2D eigenvalue weighted by molar-refractivity contribution is 7.88. The Bertz CT molecular complexity index is 1330. The molecule has 2 aliphatic rings. The fraction of sp³-hybridized carbons (Fsp3) is 0.455. The molecule has 4 rings (SSSR count). The average Bonchev–Trinajstić information content (AvgIpc) is 3.07. The van der Waals surface area contributed by atoms with Crippen LogP contribution < -0.4 is 10.0 Å². The quantitative estimate of drug-likeness (QED) is 0.634. The SMILES string of the molecule is Cc1ccc(NC(=O)N2Cc3c(nn4c3C(=O)N(C)O[C@H](CNS(C)(=O)=O)C4)C[C@H]2C)cc1C#N. The standard InChI is InChI=1S/C22H27N7O5S/c1-13-5-6-16(8-15(13)9-23)25-22(31)28-12-18-19(7-14(28)2)26-29-11-17(10-24-35(4,32)33)34-27(3)21(30)20(18)29/h5-6,8,14,17,24H,7,10-12H2,1-4H3,(H,25,31)/t14-,17-/m1/s1. The van der Waals surface area contributed by atoms with Crippen LogP contribution in [0.2, 0.25) is 0 Å². The molecule has 2 N–H and O–H groups in total. The number of rotatable bonds is 4. The molecule has 0 saturated heterocycles. The Morgan fingerprint density at radius 1 is 1.37 bits per heavy atom. The van der Waals surface area contributed by atoms with Crippen LogP contribution in [0.25, 0.3) is 0 Å². The van der Waals surface area contributed by atoms with Crippen molar-refractivity contribution in [2.24, 2.45) is 0 Å². The summed E-state index contributed by atoms with van der Waals surface area (Å²) in [5, 5.41) is 17.8. The minimum atomic E-state index is -3.43. The highest BCUT2D eigenvalue weighted by atomic mass is 32.2. The predicted octanol–water partition coefficient (Wildman–Crippen LogP) is 0.977. The molecule has 0 spiro atoms. The topological polar surface area (TPSA) is 150 Å². The molecule has 0 aliphatic carbocycles. The van der Waals surface area contributed by atoms with Crippen LogP contribution in [0, 0.1) is 18.3 Å². The summed E-state index contributed by atoms with van der Waals surface area (Å²) in [6.07, 6.45) is 0.855. The molecule has 35 heavy (non-hydrogen) atoms. The van der Waals surface area contributed by atoms with Gasteiger partial charge >= 0.3 is 6.03 Å². The number of benzene rings is 1. The largest absolute Gasteiger partial charge is 0.322 e. The van der Waals surface area contributed by atoms with Gasteiger partial charge in [0.2, 0.25) is 10.0 Å². The fourth-order valence-electron chi connectivity index (χ4n) is 4.25. The van der Waals surface area contributed by atoms with Gasteiger partial charge in [-0.1, -0.05) is 6.07 Å². The van der Waals surface area contributed by atoms with Crippen molar-refractivity contribution >= 4 is 27.6 Å². The maximum absolute atomic E-state index is 13.1. The number of hydrogen-bond donors (Lipinski definition) is 2. The van der Waals surface area contributed by atoms with Crippen LogP contribution in [0.1, 0.15) is 39.8 Å². The molecule has 0 bridgehead atoms. The van der Waals surface area contributed by atoms with Crippen molar-refractivity contribution in [2.75, 3.05) is 25.2 Å². The number of amides is 3. The molecule has 0 unspecified atom stereocenters. The number of hydrogen-bond acceptors (Lipinski definition) is 7. The van der Waals surface area contributed by atoms with E-state index in [1.54, 1.807) is 27.8 Å². The van der Waals surface area contributed by atoms with Gasteiger partial charge in [-0.05, 0) is 31.5 Å². The molecule has 13 heteroatoms. The lowest BCUT2D eigenvalue weighted by atomic mass is 9.99. The third-order valence-corrected chi connectivity index (χ3v) is 6.79. The zero-order chi connectivity index (χ0) is 25.5. The van der Waals surface area contributed by atoms with Crippen LogP contribution in [0.15, 0.2) is 18.2 Å². The highest BCUT2D eigenvalue weighted by Crippen LogP contribution is 2.29. The number of aromatic nitrogens is 2. The second kappa shape index (κ2) is 9.29. The molecule has 3 heterocycles. The van der Waals surface area contributed by atoms with Gasteiger partial charge in [-0.3, -0.25) is 14.3 Å². The molecule has 2 aromatic rings. The van der Waals surface area contributed by atoms with E-state index in [9.17, 15) is 23.3 Å². The summed E-state index contributed by atoms with van der Waals surface area (Å²) in [4.78, 5) is 33.5. The van der Waals surface area contributed by atoms with Crippen molar-refractivity contribution in [1.29, 1.82) is 5.26 Å². The lowest BCUT2D eigenvalue weighted by molar-refractivity contribution is -0.145. The Hall–Kier alpha value is -3.47. The van der Waals surface area contributed by atoms with E-state index in [2.05, 4.69) is 21.2 Å². The Kier molecular flexibility index (Phi) is 6.54. The van der Waals surface area contributed by atoms with Crippen molar-refractivity contribution in [3.8, 4) is 6.07 Å². The Labute approximate surface area is 203 Å². The molecule has 0 fully saturated rings. The lowest BCUT2D eigenvalue weighted by Crippen LogP contribution is -2.45. The van der Waals surface area contributed by atoms with Gasteiger partial charge in [0.05, 0.1) is 36.7 Å². The minimum absolute atomic E-state index is 0.0212. The number of aryl methyl sites for hydroxylation is 1. The van der Waals surface area contributed by atoms with Gasteiger partial charge in [-0.25, -0.2) is 23.0 Å². The van der Waals surface area contributed by atoms with E-state index in [0.29, 0.717) is 28.9 Å². The first-order chi connectivity index (χ1) is 16.5. The van der Waals surface area contributed by atoms with Crippen LogP contribution in [-0.4, -0.2) is 72.1 Å². The number of sulfonamides is 1. The van der Waals surface area contributed by atoms with Gasteiger partial charge in [0, 0.05) is 37.3 Å². The summed E-state index contributed by atoms with van der Waals surface area (Å²) < 4.78 is 26.9. The second-order valence-corrected chi connectivity index (χ2v) is 10.7. The van der Waals surface area contributed by atoms with Gasteiger partial charge in [0.1, 0.15) is 11.8 Å². The van der Waals surface area contributed by atoms with E-state index in [-0.39, 0.29) is 31.7 Å². The number of hydroxylamine groups is 2. The molecular formula is C22H27N7O5S. The first-order valence-corrected chi connectivity index (χ1v) is 12.9. The van der Waals surface area contributed by atoms with E-state index in [1.165, 1.54) is 7.05 Å². The Balaban J connectivity index is 1.58. The molecule has 2 atom stereocenters. The molecule has 1 aromatic carbocycles. The van der Waals surface area contributed by atoms with Crippen molar-refractivity contribution in [1.82, 2.24) is 24.5 Å². The third kappa shape index (κ3) is 5.14. The number of fused-ring (bicyclic) bond motifs is 3. The summed E-state index contributed by atoms with van der Waals surface area (Å²) in [6.45, 7) is 4.04. The number of nitrogens with zero attached hydrogens (tertiary/aromatic N) is 5. The van der Waals surface area contributed by atoms with Crippen LogP contribution in [0.4, 0.5) is 10.5 Å². The second-order valence-electron chi connectivity index (χ2n) is 8.86. The van der Waals surface area contributed by atoms with E-state index in [0.717, 1.165) is 22.6 Å². The van der Waals surface area contributed by atoms with Crippen molar-refractivity contribution in [2.45, 2.75) is 45.5 Å².